The molecule has 0 heterocycles. The second kappa shape index (κ2) is 27.9. The van der Waals surface area contributed by atoms with Crippen molar-refractivity contribution in [2.45, 2.75) is 25.4 Å². The Morgan fingerprint density at radius 1 is 0.488 bits per heavy atom. The summed E-state index contributed by atoms with van der Waals surface area (Å²) in [6, 6.07) is 16.0. The number of benzene rings is 2. The molecule has 0 aromatic heterocycles. The van der Waals surface area contributed by atoms with E-state index in [1.54, 1.807) is 0 Å². The van der Waals surface area contributed by atoms with Crippen molar-refractivity contribution < 1.29 is 68.1 Å². The number of aliphatic hydroxyl groups excluding tert-OH is 2. The van der Waals surface area contributed by atoms with Gasteiger partial charge in [-0.1, -0.05) is 48.5 Å². The number of allylic oxidation sites excluding steroid dienone is 1. The van der Waals surface area contributed by atoms with Crippen molar-refractivity contribution in [3.05, 3.63) is 205 Å². The summed E-state index contributed by atoms with van der Waals surface area (Å²) in [6.45, 7) is 0. The molecule has 4 N–H and O–H groups in total. The van der Waals surface area contributed by atoms with Gasteiger partial charge in [0.25, 0.3) is 0 Å². The predicted octanol–water partition coefficient (Wildman–Crippen LogP) is 7.06. The topological polar surface area (TPSA) is 72.0 Å². The molecule has 1 atom stereocenters. The zero-order valence-corrected chi connectivity index (χ0v) is 29.3. The SMILES string of the molecule is O.OC1=CCc2ccccc21.OC1CCc2ccccc21.[CH]1[CH][CH][CH][CH]1.[CH]1[CH][CH][CH][CH]1.[CH]1[CH][CH][CH][CH]1.[CH]1[CH][CH][CH][CH]1.[Zr].[Zr]. The molecule has 43 heavy (non-hydrogen) atoms. The first-order valence-electron chi connectivity index (χ1n) is 13.7. The van der Waals surface area contributed by atoms with E-state index in [4.69, 9.17) is 0 Å². The summed E-state index contributed by atoms with van der Waals surface area (Å²) in [5, 5.41) is 18.6. The molecule has 4 fully saturated rings. The summed E-state index contributed by atoms with van der Waals surface area (Å²) < 4.78 is 0. The van der Waals surface area contributed by atoms with Crippen molar-refractivity contribution in [1.82, 2.24) is 0 Å². The van der Waals surface area contributed by atoms with Gasteiger partial charge in [-0.3, -0.25) is 0 Å². The average molecular weight is 727 g/mol. The second-order valence-electron chi connectivity index (χ2n) is 9.05. The summed E-state index contributed by atoms with van der Waals surface area (Å²) in [7, 11) is 0. The zero-order chi connectivity index (χ0) is 28.1. The van der Waals surface area contributed by atoms with E-state index in [2.05, 4.69) is 6.07 Å². The van der Waals surface area contributed by atoms with Crippen molar-refractivity contribution >= 4 is 5.76 Å². The first-order valence-corrected chi connectivity index (χ1v) is 13.7. The van der Waals surface area contributed by atoms with Gasteiger partial charge < -0.3 is 15.7 Å². The van der Waals surface area contributed by atoms with Crippen LogP contribution in [0.25, 0.3) is 5.76 Å². The Balaban J connectivity index is 0.000000501. The van der Waals surface area contributed by atoms with Crippen LogP contribution < -0.4 is 0 Å². The molecule has 0 spiro atoms. The standard InChI is InChI=1S/C9H10O.C9H8O.4C5H5.H2O.2Zr/c2*10-9-6-5-7-3-1-2-4-8(7)9;4*1-2-4-5-3-1;;;/h1-4,9-10H,5-6H2;1-4,6,10H,5H2;4*1-5H;1H2;;. The van der Waals surface area contributed by atoms with Crippen LogP contribution in [0.5, 0.6) is 0 Å². The number of hydrogen-bond donors (Lipinski definition) is 2. The minimum atomic E-state index is -0.198. The van der Waals surface area contributed by atoms with Crippen LogP contribution in [-0.4, -0.2) is 15.7 Å². The first kappa shape index (κ1) is 42.7. The maximum absolute atomic E-state index is 9.38. The predicted molar refractivity (Wildman–Crippen MR) is 170 cm³/mol. The summed E-state index contributed by atoms with van der Waals surface area (Å²) in [5.41, 5.74) is 4.65. The van der Waals surface area contributed by atoms with E-state index in [-0.39, 0.29) is 64.0 Å². The van der Waals surface area contributed by atoms with Gasteiger partial charge in [0.05, 0.1) is 6.10 Å². The van der Waals surface area contributed by atoms with Crippen LogP contribution >= 0.6 is 0 Å². The van der Waals surface area contributed by atoms with Gasteiger partial charge in [0.1, 0.15) is 5.76 Å². The Morgan fingerprint density at radius 2 is 0.837 bits per heavy atom. The van der Waals surface area contributed by atoms with E-state index in [0.717, 1.165) is 30.4 Å². The van der Waals surface area contributed by atoms with Crippen LogP contribution in [0.2, 0.25) is 0 Å². The molecule has 0 aliphatic heterocycles. The Bertz CT molecular complexity index is 869. The smallest absolute Gasteiger partial charge is 0.119 e. The summed E-state index contributed by atoms with van der Waals surface area (Å²) in [4.78, 5) is 0. The number of aliphatic hydroxyl groups is 2. The molecular formula is C38H40O3Zr2. The fraction of sp³-hybridized carbons (Fsp3) is 0.105. The van der Waals surface area contributed by atoms with Gasteiger partial charge >= 0.3 is 0 Å². The molecule has 6 aliphatic carbocycles. The van der Waals surface area contributed by atoms with Crippen LogP contribution in [0.4, 0.5) is 0 Å². The average Bonchev–Trinajstić information content (AvgIpc) is 3.85. The molecule has 8 rings (SSSR count). The maximum atomic E-state index is 9.38. The first-order chi connectivity index (χ1) is 19.8. The Labute approximate surface area is 302 Å². The van der Waals surface area contributed by atoms with E-state index >= 15 is 0 Å². The van der Waals surface area contributed by atoms with Crippen LogP contribution in [0.1, 0.15) is 34.8 Å². The third-order valence-corrected chi connectivity index (χ3v) is 6.13. The molecule has 4 saturated carbocycles. The molecule has 5 heteroatoms. The fourth-order valence-corrected chi connectivity index (χ4v) is 4.08. The fourth-order valence-electron chi connectivity index (χ4n) is 4.08. The third kappa shape index (κ3) is 18.4. The summed E-state index contributed by atoms with van der Waals surface area (Å²) >= 11 is 0. The second-order valence-corrected chi connectivity index (χ2v) is 9.05. The minimum absolute atomic E-state index is 0. The van der Waals surface area contributed by atoms with E-state index in [0.29, 0.717) is 5.76 Å². The molecule has 1 unspecified atom stereocenters. The van der Waals surface area contributed by atoms with E-state index in [1.165, 1.54) is 11.1 Å². The molecule has 20 radical (unpaired) electrons. The largest absolute Gasteiger partial charge is 0.508 e. The van der Waals surface area contributed by atoms with Crippen LogP contribution in [0.15, 0.2) is 54.6 Å². The van der Waals surface area contributed by atoms with Gasteiger partial charge in [-0.2, -0.15) is 0 Å². The van der Waals surface area contributed by atoms with E-state index in [1.807, 2.05) is 177 Å². The quantitative estimate of drug-likeness (QED) is 0.305. The number of hydrogen-bond acceptors (Lipinski definition) is 2. The van der Waals surface area contributed by atoms with Gasteiger partial charge in [-0.25, -0.2) is 0 Å². The molecule has 2 aromatic carbocycles. The Kier molecular flexibility index (Phi) is 27.7. The van der Waals surface area contributed by atoms with Gasteiger partial charge in [-0.15, -0.1) is 0 Å². The van der Waals surface area contributed by atoms with Gasteiger partial charge in [0, 0.05) is 58.0 Å². The zero-order valence-electron chi connectivity index (χ0n) is 24.3. The van der Waals surface area contributed by atoms with Gasteiger partial charge in [-0.05, 0) is 170 Å². The Hall–Kier alpha value is -0.334. The number of aryl methyl sites for hydroxylation is 1. The van der Waals surface area contributed by atoms with Gasteiger partial charge in [0.2, 0.25) is 0 Å². The molecular weight excluding hydrogens is 687 g/mol. The normalized spacial score (nSPS) is 19.8. The van der Waals surface area contributed by atoms with Crippen LogP contribution in [-0.2, 0) is 65.2 Å². The van der Waals surface area contributed by atoms with Crippen molar-refractivity contribution in [2.75, 3.05) is 0 Å². The maximum Gasteiger partial charge on any atom is 0.119 e. The molecule has 0 saturated heterocycles. The minimum Gasteiger partial charge on any atom is -0.508 e. The number of rotatable bonds is 0. The monoisotopic (exact) mass is 724 g/mol. The molecule has 0 bridgehead atoms. The van der Waals surface area contributed by atoms with Crippen molar-refractivity contribution in [3.8, 4) is 0 Å². The molecule has 2 aromatic rings. The van der Waals surface area contributed by atoms with Crippen LogP contribution in [0.3, 0.4) is 0 Å². The van der Waals surface area contributed by atoms with Crippen molar-refractivity contribution in [2.24, 2.45) is 0 Å². The molecule has 218 valence electrons. The van der Waals surface area contributed by atoms with E-state index < -0.39 is 0 Å². The van der Waals surface area contributed by atoms with Crippen LogP contribution in [0, 0.1) is 128 Å². The van der Waals surface area contributed by atoms with E-state index in [9.17, 15) is 10.2 Å². The Morgan fingerprint density at radius 3 is 1.21 bits per heavy atom. The summed E-state index contributed by atoms with van der Waals surface area (Å²) in [6.07, 6.45) is 44.5. The van der Waals surface area contributed by atoms with Crippen molar-refractivity contribution in [3.63, 3.8) is 0 Å². The molecule has 0 amide bonds. The molecule has 3 nitrogen and oxygen atoms in total. The van der Waals surface area contributed by atoms with Crippen molar-refractivity contribution in [1.29, 1.82) is 0 Å². The third-order valence-electron chi connectivity index (χ3n) is 6.13. The number of fused-ring (bicyclic) bond motifs is 2. The molecule has 6 aliphatic rings. The summed E-state index contributed by atoms with van der Waals surface area (Å²) in [5.74, 6) is 0.426. The van der Waals surface area contributed by atoms with Gasteiger partial charge in [0.15, 0.2) is 0 Å².